The molecule has 35 heavy (non-hydrogen) atoms. The monoisotopic (exact) mass is 479 g/mol. The van der Waals surface area contributed by atoms with Gasteiger partial charge in [0.15, 0.2) is 5.78 Å². The first-order chi connectivity index (χ1) is 16.2. The maximum Gasteiger partial charge on any atom is 0.268 e. The Morgan fingerprint density at radius 3 is 2.29 bits per heavy atom. The van der Waals surface area contributed by atoms with E-state index in [9.17, 15) is 14.4 Å². The molecule has 1 saturated heterocycles. The Labute approximate surface area is 207 Å². The number of ketones is 1. The van der Waals surface area contributed by atoms with Crippen molar-refractivity contribution in [3.63, 3.8) is 0 Å². The van der Waals surface area contributed by atoms with Crippen LogP contribution in [-0.4, -0.2) is 40.5 Å². The van der Waals surface area contributed by atoms with Crippen LogP contribution in [0.15, 0.2) is 35.1 Å². The first kappa shape index (κ1) is 25.2. The molecule has 1 aromatic heterocycles. The highest BCUT2D eigenvalue weighted by Crippen LogP contribution is 2.36. The van der Waals surface area contributed by atoms with Gasteiger partial charge in [0, 0.05) is 34.8 Å². The number of ether oxygens (including phenoxy) is 1. The molecule has 0 spiro atoms. The highest BCUT2D eigenvalue weighted by Gasteiger charge is 2.39. The lowest BCUT2D eigenvalue weighted by Gasteiger charge is -2.46. The molecule has 0 atom stereocenters. The Bertz CT molecular complexity index is 1220. The summed E-state index contributed by atoms with van der Waals surface area (Å²) in [6.07, 6.45) is 2.38. The summed E-state index contributed by atoms with van der Waals surface area (Å²) in [4.78, 5) is 40.6. The van der Waals surface area contributed by atoms with Crippen LogP contribution in [-0.2, 0) is 6.42 Å². The van der Waals surface area contributed by atoms with Gasteiger partial charge in [0.2, 0.25) is 0 Å². The first-order valence-electron chi connectivity index (χ1n) is 12.3. The van der Waals surface area contributed by atoms with E-state index in [-0.39, 0.29) is 33.9 Å². The largest absolute Gasteiger partial charge is 0.495 e. The minimum absolute atomic E-state index is 0.0168. The first-order valence-corrected chi connectivity index (χ1v) is 12.3. The normalized spacial score (nSPS) is 20.7. The molecule has 2 aliphatic rings. The molecule has 188 valence electrons. The summed E-state index contributed by atoms with van der Waals surface area (Å²) in [7, 11) is 1.54. The molecule has 7 nitrogen and oxygen atoms in total. The van der Waals surface area contributed by atoms with Gasteiger partial charge in [-0.15, -0.1) is 0 Å². The van der Waals surface area contributed by atoms with Crippen molar-refractivity contribution < 1.29 is 14.3 Å². The summed E-state index contributed by atoms with van der Waals surface area (Å²) >= 11 is 0. The minimum Gasteiger partial charge on any atom is -0.495 e. The number of aromatic nitrogens is 1. The summed E-state index contributed by atoms with van der Waals surface area (Å²) in [5.41, 5.74) is 0.521. The summed E-state index contributed by atoms with van der Waals surface area (Å²) in [5, 5.41) is 6.71. The fraction of sp³-hybridized carbons (Fsp3) is 0.536. The van der Waals surface area contributed by atoms with E-state index in [1.807, 2.05) is 26.0 Å². The number of Topliss-reactive ketones (excluding diaryl/α,β-unsaturated/α-hetero) is 1. The summed E-state index contributed by atoms with van der Waals surface area (Å²) in [6.45, 7) is 12.5. The van der Waals surface area contributed by atoms with Gasteiger partial charge >= 0.3 is 0 Å². The lowest BCUT2D eigenvalue weighted by atomic mass is 9.75. The molecule has 0 saturated carbocycles. The summed E-state index contributed by atoms with van der Waals surface area (Å²) in [6, 6.07) is 8.61. The Morgan fingerprint density at radius 2 is 1.66 bits per heavy atom. The molecular weight excluding hydrogens is 442 g/mol. The molecule has 4 rings (SSSR count). The lowest BCUT2D eigenvalue weighted by Crippen LogP contribution is -2.62. The SMILES string of the molecule is COc1ccccc1-n1c2c(cc(C(=O)NC3CC(C)(C)NC(C)(C)C3)c1=O)C(=O)CC(C)(C)C2. The molecule has 1 fully saturated rings. The average molecular weight is 480 g/mol. The van der Waals surface area contributed by atoms with Crippen LogP contribution in [0, 0.1) is 5.41 Å². The number of piperidine rings is 1. The third-order valence-electron chi connectivity index (χ3n) is 6.98. The molecule has 2 N–H and O–H groups in total. The molecule has 1 aliphatic carbocycles. The van der Waals surface area contributed by atoms with Crippen LogP contribution in [0.5, 0.6) is 5.75 Å². The Kier molecular flexibility index (Phi) is 6.20. The quantitative estimate of drug-likeness (QED) is 0.691. The second-order valence-corrected chi connectivity index (χ2v) is 12.1. The van der Waals surface area contributed by atoms with Crippen LogP contribution in [0.1, 0.15) is 87.2 Å². The number of carbonyl (C=O) groups excluding carboxylic acids is 2. The lowest BCUT2D eigenvalue weighted by molar-refractivity contribution is 0.0871. The molecule has 1 aliphatic heterocycles. The third kappa shape index (κ3) is 5.06. The number of hydrogen-bond acceptors (Lipinski definition) is 5. The Morgan fingerprint density at radius 1 is 1.03 bits per heavy atom. The van der Waals surface area contributed by atoms with Crippen LogP contribution >= 0.6 is 0 Å². The summed E-state index contributed by atoms with van der Waals surface area (Å²) < 4.78 is 7.05. The number of amides is 1. The van der Waals surface area contributed by atoms with E-state index < -0.39 is 11.5 Å². The van der Waals surface area contributed by atoms with Crippen molar-refractivity contribution in [2.75, 3.05) is 7.11 Å². The Balaban J connectivity index is 1.84. The number of rotatable bonds is 4. The standard InChI is InChI=1S/C28H37N3O4/c1-26(2)15-21-18(22(32)16-26)12-19(25(34)31(21)20-10-8-9-11-23(20)35-7)24(33)29-17-13-27(3,4)30-28(5,6)14-17/h8-12,17,30H,13-16H2,1-7H3,(H,29,33). The number of nitrogens with zero attached hydrogens (tertiary/aromatic N) is 1. The highest BCUT2D eigenvalue weighted by molar-refractivity contribution is 6.02. The molecule has 1 aromatic carbocycles. The number of methoxy groups -OCH3 is 1. The van der Waals surface area contributed by atoms with E-state index in [2.05, 4.69) is 38.3 Å². The number of fused-ring (bicyclic) bond motifs is 1. The molecule has 1 amide bonds. The summed E-state index contributed by atoms with van der Waals surface area (Å²) in [5.74, 6) is 0.00250. The predicted octanol–water partition coefficient (Wildman–Crippen LogP) is 4.04. The number of benzene rings is 1. The minimum atomic E-state index is -0.447. The molecule has 2 heterocycles. The highest BCUT2D eigenvalue weighted by atomic mass is 16.5. The van der Waals surface area contributed by atoms with Crippen molar-refractivity contribution in [3.8, 4) is 11.4 Å². The number of para-hydroxylation sites is 2. The zero-order valence-corrected chi connectivity index (χ0v) is 21.9. The molecule has 0 radical (unpaired) electrons. The van der Waals surface area contributed by atoms with Crippen LogP contribution < -0.4 is 20.9 Å². The van der Waals surface area contributed by atoms with E-state index in [1.54, 1.807) is 19.2 Å². The van der Waals surface area contributed by atoms with Crippen molar-refractivity contribution in [1.82, 2.24) is 15.2 Å². The molecule has 0 unspecified atom stereocenters. The Hall–Kier alpha value is -2.93. The molecule has 2 aromatic rings. The zero-order valence-electron chi connectivity index (χ0n) is 21.9. The van der Waals surface area contributed by atoms with Gasteiger partial charge in [0.1, 0.15) is 11.3 Å². The van der Waals surface area contributed by atoms with Crippen LogP contribution in [0.3, 0.4) is 0 Å². The van der Waals surface area contributed by atoms with E-state index in [4.69, 9.17) is 4.74 Å². The van der Waals surface area contributed by atoms with Gasteiger partial charge in [-0.25, -0.2) is 0 Å². The van der Waals surface area contributed by atoms with Crippen molar-refractivity contribution in [2.24, 2.45) is 5.41 Å². The molecule has 0 bridgehead atoms. The number of nitrogens with one attached hydrogen (secondary N) is 2. The van der Waals surface area contributed by atoms with Crippen molar-refractivity contribution in [3.05, 3.63) is 57.5 Å². The van der Waals surface area contributed by atoms with Gasteiger partial charge in [-0.2, -0.15) is 0 Å². The van der Waals surface area contributed by atoms with Crippen molar-refractivity contribution in [1.29, 1.82) is 0 Å². The number of carbonyl (C=O) groups is 2. The van der Waals surface area contributed by atoms with Gasteiger partial charge in [0.25, 0.3) is 11.5 Å². The van der Waals surface area contributed by atoms with Gasteiger partial charge < -0.3 is 15.4 Å². The predicted molar refractivity (Wildman–Crippen MR) is 137 cm³/mol. The number of pyridine rings is 1. The fourth-order valence-corrected chi connectivity index (χ4v) is 6.03. The van der Waals surface area contributed by atoms with Gasteiger partial charge in [0.05, 0.1) is 12.8 Å². The maximum absolute atomic E-state index is 13.9. The van der Waals surface area contributed by atoms with Gasteiger partial charge in [-0.3, -0.25) is 19.0 Å². The molecular formula is C28H37N3O4. The third-order valence-corrected chi connectivity index (χ3v) is 6.98. The van der Waals surface area contributed by atoms with Gasteiger partial charge in [-0.1, -0.05) is 26.0 Å². The fourth-order valence-electron chi connectivity index (χ4n) is 6.03. The van der Waals surface area contributed by atoms with Crippen LogP contribution in [0.4, 0.5) is 0 Å². The second kappa shape index (κ2) is 8.63. The maximum atomic E-state index is 13.9. The zero-order chi connectivity index (χ0) is 25.8. The van der Waals surface area contributed by atoms with Crippen molar-refractivity contribution >= 4 is 11.7 Å². The topological polar surface area (TPSA) is 89.4 Å². The number of hydrogen-bond donors (Lipinski definition) is 2. The van der Waals surface area contributed by atoms with Crippen LogP contribution in [0.2, 0.25) is 0 Å². The van der Waals surface area contributed by atoms with E-state index >= 15 is 0 Å². The van der Waals surface area contributed by atoms with Crippen molar-refractivity contribution in [2.45, 2.75) is 84.3 Å². The average Bonchev–Trinajstić information content (AvgIpc) is 2.70. The van der Waals surface area contributed by atoms with Gasteiger partial charge in [-0.05, 0) is 70.6 Å². The second-order valence-electron chi connectivity index (χ2n) is 12.1. The van der Waals surface area contributed by atoms with E-state index in [0.717, 1.165) is 12.8 Å². The van der Waals surface area contributed by atoms with Crippen LogP contribution in [0.25, 0.3) is 5.69 Å². The van der Waals surface area contributed by atoms with E-state index in [0.29, 0.717) is 35.5 Å². The van der Waals surface area contributed by atoms with E-state index in [1.165, 1.54) is 10.6 Å². The molecule has 7 heteroatoms. The smallest absolute Gasteiger partial charge is 0.268 e.